The fourth-order valence-electron chi connectivity index (χ4n) is 2.32. The van der Waals surface area contributed by atoms with E-state index in [0.717, 1.165) is 18.9 Å². The molecule has 0 unspecified atom stereocenters. The lowest BCUT2D eigenvalue weighted by atomic mass is 10.1. The first kappa shape index (κ1) is 11.3. The largest absolute Gasteiger partial charge is 0.367 e. The van der Waals surface area contributed by atoms with Crippen molar-refractivity contribution >= 4 is 11.5 Å². The highest BCUT2D eigenvalue weighted by atomic mass is 15.5. The average Bonchev–Trinajstić information content (AvgIpc) is 2.89. The highest BCUT2D eigenvalue weighted by Crippen LogP contribution is 2.09. The van der Waals surface area contributed by atoms with Gasteiger partial charge in [-0.2, -0.15) is 4.52 Å². The van der Waals surface area contributed by atoms with Crippen molar-refractivity contribution in [1.29, 1.82) is 0 Å². The van der Waals surface area contributed by atoms with Crippen LogP contribution in [0.4, 0.5) is 5.82 Å². The average molecular weight is 247 g/mol. The molecule has 0 aromatic carbocycles. The SMILES string of the molecule is c1ncc2nnnn2c1NCCN1CCCCC1. The second-order valence-corrected chi connectivity index (χ2v) is 4.57. The normalized spacial score (nSPS) is 17.1. The van der Waals surface area contributed by atoms with Gasteiger partial charge in [-0.05, 0) is 36.4 Å². The Bertz CT molecular complexity index is 503. The summed E-state index contributed by atoms with van der Waals surface area (Å²) in [5.41, 5.74) is 0.665. The van der Waals surface area contributed by atoms with Gasteiger partial charge in [0.2, 0.25) is 0 Å². The number of hydrogen-bond donors (Lipinski definition) is 1. The molecule has 0 saturated carbocycles. The van der Waals surface area contributed by atoms with Gasteiger partial charge in [-0.15, -0.1) is 5.10 Å². The lowest BCUT2D eigenvalue weighted by molar-refractivity contribution is 0.237. The summed E-state index contributed by atoms with van der Waals surface area (Å²) in [5.74, 6) is 0.842. The number of likely N-dealkylation sites (tertiary alicyclic amines) is 1. The van der Waals surface area contributed by atoms with E-state index >= 15 is 0 Å². The zero-order valence-electron chi connectivity index (χ0n) is 10.3. The standard InChI is InChI=1S/C11H17N7/c1-2-5-17(6-3-1)7-4-13-10-8-12-9-11-14-15-16-18(10)11/h8-9,13H,1-7H2. The lowest BCUT2D eigenvalue weighted by Crippen LogP contribution is -2.33. The van der Waals surface area contributed by atoms with E-state index in [1.807, 2.05) is 0 Å². The van der Waals surface area contributed by atoms with Crippen molar-refractivity contribution in [1.82, 2.24) is 29.9 Å². The summed E-state index contributed by atoms with van der Waals surface area (Å²) < 4.78 is 1.67. The second kappa shape index (κ2) is 5.26. The first-order chi connectivity index (χ1) is 8.93. The Morgan fingerprint density at radius 2 is 2.06 bits per heavy atom. The number of fused-ring (bicyclic) bond motifs is 1. The van der Waals surface area contributed by atoms with Crippen molar-refractivity contribution in [2.24, 2.45) is 0 Å². The summed E-state index contributed by atoms with van der Waals surface area (Å²) >= 11 is 0. The molecule has 1 aliphatic heterocycles. The zero-order valence-corrected chi connectivity index (χ0v) is 10.3. The van der Waals surface area contributed by atoms with Crippen LogP contribution in [0.15, 0.2) is 12.4 Å². The molecule has 0 atom stereocenters. The minimum atomic E-state index is 0.665. The summed E-state index contributed by atoms with van der Waals surface area (Å²) in [6.07, 6.45) is 7.42. The van der Waals surface area contributed by atoms with Gasteiger partial charge in [-0.3, -0.25) is 4.98 Å². The van der Waals surface area contributed by atoms with Crippen molar-refractivity contribution in [3.63, 3.8) is 0 Å². The van der Waals surface area contributed by atoms with Crippen molar-refractivity contribution < 1.29 is 0 Å². The minimum Gasteiger partial charge on any atom is -0.367 e. The molecular weight excluding hydrogens is 230 g/mol. The maximum atomic E-state index is 4.11. The summed E-state index contributed by atoms with van der Waals surface area (Å²) in [6.45, 7) is 4.38. The van der Waals surface area contributed by atoms with Crippen LogP contribution in [0.25, 0.3) is 5.65 Å². The van der Waals surface area contributed by atoms with Crippen molar-refractivity contribution in [3.8, 4) is 0 Å². The molecule has 1 saturated heterocycles. The maximum absolute atomic E-state index is 4.11. The van der Waals surface area contributed by atoms with Crippen molar-refractivity contribution in [2.45, 2.75) is 19.3 Å². The van der Waals surface area contributed by atoms with Crippen LogP contribution in [0.5, 0.6) is 0 Å². The van der Waals surface area contributed by atoms with E-state index < -0.39 is 0 Å². The fraction of sp³-hybridized carbons (Fsp3) is 0.636. The maximum Gasteiger partial charge on any atom is 0.199 e. The van der Waals surface area contributed by atoms with Crippen LogP contribution in [0.3, 0.4) is 0 Å². The number of hydrogen-bond acceptors (Lipinski definition) is 6. The molecule has 2 aromatic heterocycles. The summed E-state index contributed by atoms with van der Waals surface area (Å²) in [4.78, 5) is 6.60. The topological polar surface area (TPSA) is 71.2 Å². The van der Waals surface area contributed by atoms with Gasteiger partial charge in [0, 0.05) is 13.1 Å². The van der Waals surface area contributed by atoms with Crippen LogP contribution in [0.1, 0.15) is 19.3 Å². The van der Waals surface area contributed by atoms with Crippen LogP contribution in [0, 0.1) is 0 Å². The molecule has 96 valence electrons. The number of nitrogens with one attached hydrogen (secondary N) is 1. The third-order valence-electron chi connectivity index (χ3n) is 3.29. The number of tetrazole rings is 1. The molecule has 0 aliphatic carbocycles. The molecule has 1 fully saturated rings. The van der Waals surface area contributed by atoms with E-state index in [-0.39, 0.29) is 0 Å². The molecule has 1 aliphatic rings. The second-order valence-electron chi connectivity index (χ2n) is 4.57. The molecule has 1 N–H and O–H groups in total. The Labute approximate surface area is 105 Å². The Kier molecular flexibility index (Phi) is 3.31. The summed E-state index contributed by atoms with van der Waals surface area (Å²) in [7, 11) is 0. The molecule has 3 rings (SSSR count). The van der Waals surface area contributed by atoms with E-state index in [4.69, 9.17) is 0 Å². The first-order valence-corrected chi connectivity index (χ1v) is 6.42. The minimum absolute atomic E-state index is 0.665. The van der Waals surface area contributed by atoms with Gasteiger partial charge < -0.3 is 10.2 Å². The van der Waals surface area contributed by atoms with Gasteiger partial charge in [0.25, 0.3) is 0 Å². The molecule has 18 heavy (non-hydrogen) atoms. The predicted molar refractivity (Wildman–Crippen MR) is 67.4 cm³/mol. The van der Waals surface area contributed by atoms with Crippen molar-refractivity contribution in [2.75, 3.05) is 31.5 Å². The van der Waals surface area contributed by atoms with Gasteiger partial charge in [0.1, 0.15) is 5.82 Å². The van der Waals surface area contributed by atoms with Crippen LogP contribution < -0.4 is 5.32 Å². The van der Waals surface area contributed by atoms with Crippen LogP contribution in [0.2, 0.25) is 0 Å². The molecular formula is C11H17N7. The molecule has 0 spiro atoms. The molecule has 7 nitrogen and oxygen atoms in total. The fourth-order valence-corrected chi connectivity index (χ4v) is 2.32. The Balaban J connectivity index is 1.57. The third kappa shape index (κ3) is 2.40. The number of anilines is 1. The van der Waals surface area contributed by atoms with E-state index in [1.54, 1.807) is 16.9 Å². The Morgan fingerprint density at radius 1 is 1.17 bits per heavy atom. The van der Waals surface area contributed by atoms with Gasteiger partial charge in [-0.1, -0.05) is 6.42 Å². The molecule has 0 radical (unpaired) electrons. The smallest absolute Gasteiger partial charge is 0.199 e. The Morgan fingerprint density at radius 3 is 2.94 bits per heavy atom. The van der Waals surface area contributed by atoms with E-state index in [9.17, 15) is 0 Å². The van der Waals surface area contributed by atoms with E-state index in [2.05, 4.69) is 30.7 Å². The number of nitrogens with zero attached hydrogens (tertiary/aromatic N) is 6. The predicted octanol–water partition coefficient (Wildman–Crippen LogP) is 0.417. The van der Waals surface area contributed by atoms with Gasteiger partial charge in [-0.25, -0.2) is 0 Å². The quantitative estimate of drug-likeness (QED) is 0.844. The molecule has 0 bridgehead atoms. The van der Waals surface area contributed by atoms with Crippen molar-refractivity contribution in [3.05, 3.63) is 12.4 Å². The third-order valence-corrected chi connectivity index (χ3v) is 3.29. The van der Waals surface area contributed by atoms with Crippen LogP contribution in [-0.2, 0) is 0 Å². The van der Waals surface area contributed by atoms with E-state index in [1.165, 1.54) is 32.4 Å². The summed E-state index contributed by atoms with van der Waals surface area (Å²) in [6, 6.07) is 0. The van der Waals surface area contributed by atoms with Gasteiger partial charge in [0.15, 0.2) is 5.65 Å². The highest BCUT2D eigenvalue weighted by molar-refractivity contribution is 5.43. The molecule has 7 heteroatoms. The Hall–Kier alpha value is -1.76. The monoisotopic (exact) mass is 247 g/mol. The van der Waals surface area contributed by atoms with Gasteiger partial charge in [0.05, 0.1) is 12.4 Å². The molecule has 3 heterocycles. The summed E-state index contributed by atoms with van der Waals surface area (Å²) in [5, 5.41) is 14.8. The van der Waals surface area contributed by atoms with Crippen LogP contribution in [-0.4, -0.2) is 56.1 Å². The number of aromatic nitrogens is 5. The number of piperidine rings is 1. The van der Waals surface area contributed by atoms with Crippen LogP contribution >= 0.6 is 0 Å². The zero-order chi connectivity index (χ0) is 12.2. The molecule has 0 amide bonds. The van der Waals surface area contributed by atoms with E-state index in [0.29, 0.717) is 5.65 Å². The highest BCUT2D eigenvalue weighted by Gasteiger charge is 2.09. The number of rotatable bonds is 4. The first-order valence-electron chi connectivity index (χ1n) is 6.42. The lowest BCUT2D eigenvalue weighted by Gasteiger charge is -2.26. The molecule has 2 aromatic rings. The van der Waals surface area contributed by atoms with Gasteiger partial charge >= 0.3 is 0 Å².